The molecule has 2 aromatic rings. The summed E-state index contributed by atoms with van der Waals surface area (Å²) in [4.78, 5) is 15.7. The van der Waals surface area contributed by atoms with Crippen LogP contribution in [0.5, 0.6) is 0 Å². The van der Waals surface area contributed by atoms with Crippen LogP contribution in [-0.2, 0) is 6.54 Å². The van der Waals surface area contributed by atoms with Crippen LogP contribution in [0.3, 0.4) is 0 Å². The Hall–Kier alpha value is -2.50. The fourth-order valence-electron chi connectivity index (χ4n) is 1.87. The molecular weight excluding hydrogens is 254 g/mol. The lowest BCUT2D eigenvalue weighted by Crippen LogP contribution is -2.22. The molecule has 0 aliphatic rings. The van der Waals surface area contributed by atoms with Crippen LogP contribution in [0.15, 0.2) is 36.9 Å². The SMILES string of the molecule is CCNC(=O)c1ccc(NCCn2ccnc2)c(N)c1. The third-order valence-corrected chi connectivity index (χ3v) is 2.90. The van der Waals surface area contributed by atoms with Crippen LogP contribution in [0.4, 0.5) is 11.4 Å². The molecule has 106 valence electrons. The van der Waals surface area contributed by atoms with Crippen molar-refractivity contribution in [2.45, 2.75) is 13.5 Å². The highest BCUT2D eigenvalue weighted by Crippen LogP contribution is 2.19. The molecule has 1 heterocycles. The second kappa shape index (κ2) is 6.60. The molecule has 20 heavy (non-hydrogen) atoms. The van der Waals surface area contributed by atoms with Crippen molar-refractivity contribution in [2.24, 2.45) is 0 Å². The molecule has 1 aromatic carbocycles. The number of nitrogens with two attached hydrogens (primary N) is 1. The van der Waals surface area contributed by atoms with E-state index in [1.54, 1.807) is 24.7 Å². The third kappa shape index (κ3) is 3.50. The van der Waals surface area contributed by atoms with Crippen LogP contribution in [-0.4, -0.2) is 28.5 Å². The molecule has 2 rings (SSSR count). The van der Waals surface area contributed by atoms with Gasteiger partial charge in [0.2, 0.25) is 0 Å². The Labute approximate surface area is 118 Å². The quantitative estimate of drug-likeness (QED) is 0.693. The zero-order chi connectivity index (χ0) is 14.4. The number of nitrogen functional groups attached to an aromatic ring is 1. The van der Waals surface area contributed by atoms with Gasteiger partial charge in [-0.15, -0.1) is 0 Å². The van der Waals surface area contributed by atoms with E-state index in [4.69, 9.17) is 5.73 Å². The number of benzene rings is 1. The summed E-state index contributed by atoms with van der Waals surface area (Å²) in [6.45, 7) is 4.02. The summed E-state index contributed by atoms with van der Waals surface area (Å²) in [7, 11) is 0. The van der Waals surface area contributed by atoms with Gasteiger partial charge in [0.1, 0.15) is 0 Å². The van der Waals surface area contributed by atoms with Crippen LogP contribution in [0.25, 0.3) is 0 Å². The van der Waals surface area contributed by atoms with Crippen LogP contribution in [0.1, 0.15) is 17.3 Å². The van der Waals surface area contributed by atoms with Gasteiger partial charge in [-0.25, -0.2) is 4.98 Å². The van der Waals surface area contributed by atoms with Gasteiger partial charge in [-0.05, 0) is 25.1 Å². The molecule has 0 fully saturated rings. The van der Waals surface area contributed by atoms with Gasteiger partial charge in [0.05, 0.1) is 17.7 Å². The van der Waals surface area contributed by atoms with Crippen molar-refractivity contribution >= 4 is 17.3 Å². The molecule has 0 bridgehead atoms. The zero-order valence-corrected chi connectivity index (χ0v) is 11.5. The number of anilines is 2. The zero-order valence-electron chi connectivity index (χ0n) is 11.5. The van der Waals surface area contributed by atoms with Crippen molar-refractivity contribution in [2.75, 3.05) is 24.1 Å². The molecule has 0 atom stereocenters. The van der Waals surface area contributed by atoms with E-state index in [-0.39, 0.29) is 5.91 Å². The molecular formula is C14H19N5O. The van der Waals surface area contributed by atoms with E-state index in [1.807, 2.05) is 23.8 Å². The summed E-state index contributed by atoms with van der Waals surface area (Å²) in [5.74, 6) is -0.107. The molecule has 0 saturated carbocycles. The van der Waals surface area contributed by atoms with Gasteiger partial charge in [-0.2, -0.15) is 0 Å². The van der Waals surface area contributed by atoms with Crippen LogP contribution in [0.2, 0.25) is 0 Å². The highest BCUT2D eigenvalue weighted by atomic mass is 16.1. The average Bonchev–Trinajstić information content (AvgIpc) is 2.94. The highest BCUT2D eigenvalue weighted by molar-refractivity contribution is 5.96. The van der Waals surface area contributed by atoms with Crippen molar-refractivity contribution < 1.29 is 4.79 Å². The van der Waals surface area contributed by atoms with Gasteiger partial charge in [-0.3, -0.25) is 4.79 Å². The summed E-state index contributed by atoms with van der Waals surface area (Å²) in [5.41, 5.74) is 7.93. The van der Waals surface area contributed by atoms with Crippen molar-refractivity contribution in [1.29, 1.82) is 0 Å². The van der Waals surface area contributed by atoms with E-state index >= 15 is 0 Å². The monoisotopic (exact) mass is 273 g/mol. The maximum atomic E-state index is 11.7. The number of carbonyl (C=O) groups is 1. The van der Waals surface area contributed by atoms with E-state index < -0.39 is 0 Å². The van der Waals surface area contributed by atoms with E-state index in [0.29, 0.717) is 17.8 Å². The lowest BCUT2D eigenvalue weighted by atomic mass is 10.1. The molecule has 1 aromatic heterocycles. The molecule has 0 radical (unpaired) electrons. The first-order valence-corrected chi connectivity index (χ1v) is 6.58. The molecule has 0 spiro atoms. The van der Waals surface area contributed by atoms with Crippen molar-refractivity contribution in [3.63, 3.8) is 0 Å². The van der Waals surface area contributed by atoms with E-state index in [0.717, 1.165) is 18.8 Å². The maximum absolute atomic E-state index is 11.7. The Bertz CT molecular complexity index is 565. The lowest BCUT2D eigenvalue weighted by molar-refractivity contribution is 0.0956. The Morgan fingerprint density at radius 3 is 2.95 bits per heavy atom. The number of nitrogens with one attached hydrogen (secondary N) is 2. The van der Waals surface area contributed by atoms with Gasteiger partial charge in [0.25, 0.3) is 5.91 Å². The van der Waals surface area contributed by atoms with E-state index in [1.165, 1.54) is 0 Å². The first-order valence-electron chi connectivity index (χ1n) is 6.58. The Kier molecular flexibility index (Phi) is 4.60. The van der Waals surface area contributed by atoms with Crippen molar-refractivity contribution in [3.8, 4) is 0 Å². The van der Waals surface area contributed by atoms with Gasteiger partial charge in [-0.1, -0.05) is 0 Å². The number of nitrogens with zero attached hydrogens (tertiary/aromatic N) is 2. The first-order chi connectivity index (χ1) is 9.70. The van der Waals surface area contributed by atoms with Gasteiger partial charge in [0, 0.05) is 37.6 Å². The second-order valence-corrected chi connectivity index (χ2v) is 4.39. The summed E-state index contributed by atoms with van der Waals surface area (Å²) in [6, 6.07) is 5.28. The molecule has 1 amide bonds. The fraction of sp³-hybridized carbons (Fsp3) is 0.286. The van der Waals surface area contributed by atoms with Crippen molar-refractivity contribution in [3.05, 3.63) is 42.5 Å². The molecule has 6 nitrogen and oxygen atoms in total. The van der Waals surface area contributed by atoms with Gasteiger partial charge < -0.3 is 20.9 Å². The number of imidazole rings is 1. The summed E-state index contributed by atoms with van der Waals surface area (Å²) in [5, 5.41) is 5.99. The smallest absolute Gasteiger partial charge is 0.251 e. The predicted molar refractivity (Wildman–Crippen MR) is 79.6 cm³/mol. The number of hydrogen-bond donors (Lipinski definition) is 3. The molecule has 0 saturated heterocycles. The lowest BCUT2D eigenvalue weighted by Gasteiger charge is -2.11. The minimum atomic E-state index is -0.107. The number of hydrogen-bond acceptors (Lipinski definition) is 4. The van der Waals surface area contributed by atoms with E-state index in [9.17, 15) is 4.79 Å². The normalized spacial score (nSPS) is 10.2. The summed E-state index contributed by atoms with van der Waals surface area (Å²) < 4.78 is 1.98. The number of rotatable bonds is 6. The molecule has 0 aliphatic carbocycles. The number of aromatic nitrogens is 2. The minimum absolute atomic E-state index is 0.107. The molecule has 4 N–H and O–H groups in total. The second-order valence-electron chi connectivity index (χ2n) is 4.39. The third-order valence-electron chi connectivity index (χ3n) is 2.90. The van der Waals surface area contributed by atoms with E-state index in [2.05, 4.69) is 15.6 Å². The summed E-state index contributed by atoms with van der Waals surface area (Å²) in [6.07, 6.45) is 5.42. The Morgan fingerprint density at radius 1 is 1.45 bits per heavy atom. The standard InChI is InChI=1S/C14H19N5O/c1-2-17-14(20)11-3-4-13(12(15)9-11)18-6-8-19-7-5-16-10-19/h3-5,7,9-10,18H,2,6,8,15H2,1H3,(H,17,20). The van der Waals surface area contributed by atoms with Crippen LogP contribution >= 0.6 is 0 Å². The predicted octanol–water partition coefficient (Wildman–Crippen LogP) is 1.33. The molecule has 0 unspecified atom stereocenters. The number of amides is 1. The highest BCUT2D eigenvalue weighted by Gasteiger charge is 2.06. The minimum Gasteiger partial charge on any atom is -0.397 e. The number of carbonyl (C=O) groups excluding carboxylic acids is 1. The van der Waals surface area contributed by atoms with Gasteiger partial charge in [0.15, 0.2) is 0 Å². The largest absolute Gasteiger partial charge is 0.397 e. The van der Waals surface area contributed by atoms with Crippen molar-refractivity contribution in [1.82, 2.24) is 14.9 Å². The Balaban J connectivity index is 1.93. The molecule has 6 heteroatoms. The summed E-state index contributed by atoms with van der Waals surface area (Å²) >= 11 is 0. The van der Waals surface area contributed by atoms with Gasteiger partial charge >= 0.3 is 0 Å². The first kappa shape index (κ1) is 13.9. The maximum Gasteiger partial charge on any atom is 0.251 e. The Morgan fingerprint density at radius 2 is 2.30 bits per heavy atom. The fourth-order valence-corrected chi connectivity index (χ4v) is 1.87. The van der Waals surface area contributed by atoms with Crippen LogP contribution in [0, 0.1) is 0 Å². The average molecular weight is 273 g/mol. The van der Waals surface area contributed by atoms with Crippen LogP contribution < -0.4 is 16.4 Å². The molecule has 0 aliphatic heterocycles. The topological polar surface area (TPSA) is 85.0 Å².